The molecule has 23 heteroatoms. The van der Waals surface area contributed by atoms with E-state index >= 15 is 0 Å². The Morgan fingerprint density at radius 1 is 0.896 bits per heavy atom. The van der Waals surface area contributed by atoms with E-state index in [4.69, 9.17) is 15.2 Å². The lowest BCUT2D eigenvalue weighted by atomic mass is 10.0. The highest BCUT2D eigenvalue weighted by atomic mass is 31.2. The van der Waals surface area contributed by atoms with Crippen molar-refractivity contribution in [1.29, 1.82) is 0 Å². The highest BCUT2D eigenvalue weighted by Gasteiger charge is 2.36. The number of amides is 6. The number of hydrogen-bond acceptors (Lipinski definition) is 13. The lowest BCUT2D eigenvalue weighted by Gasteiger charge is -2.32. The summed E-state index contributed by atoms with van der Waals surface area (Å²) < 4.78 is 29.6. The van der Waals surface area contributed by atoms with Crippen LogP contribution in [0, 0.1) is 5.92 Å². The van der Waals surface area contributed by atoms with Gasteiger partial charge in [-0.15, -0.1) is 0 Å². The van der Waals surface area contributed by atoms with E-state index < -0.39 is 85.9 Å². The van der Waals surface area contributed by atoms with Crippen LogP contribution in [0.25, 0.3) is 0 Å². The molecule has 9 N–H and O–H groups in total. The summed E-state index contributed by atoms with van der Waals surface area (Å²) in [7, 11) is -5.14. The minimum atomic E-state index is -5.14. The van der Waals surface area contributed by atoms with Crippen LogP contribution in [0.15, 0.2) is 36.9 Å². The fourth-order valence-corrected chi connectivity index (χ4v) is 7.26. The van der Waals surface area contributed by atoms with Crippen molar-refractivity contribution in [1.82, 2.24) is 40.7 Å². The molecule has 22 nitrogen and oxygen atoms in total. The summed E-state index contributed by atoms with van der Waals surface area (Å²) in [6.07, 6.45) is 4.85. The molecule has 0 unspecified atom stereocenters. The van der Waals surface area contributed by atoms with Gasteiger partial charge in [-0.3, -0.25) is 38.3 Å². The third-order valence-electron chi connectivity index (χ3n) is 10.2. The monoisotopic (exact) mass is 968 g/mol. The summed E-state index contributed by atoms with van der Waals surface area (Å²) in [5.74, 6) is -5.22. The molecular formula is C44H74N9O13P. The van der Waals surface area contributed by atoms with E-state index in [0.29, 0.717) is 38.1 Å². The summed E-state index contributed by atoms with van der Waals surface area (Å²) in [4.78, 5) is 110. The second kappa shape index (κ2) is 27.2. The molecule has 6 amide bonds. The number of aryl methyl sites for hydroxylation is 2. The zero-order valence-corrected chi connectivity index (χ0v) is 41.4. The molecule has 0 radical (unpaired) electrons. The largest absolute Gasteiger partial charge is 0.469 e. The molecule has 2 aromatic heterocycles. The number of carbonyl (C=O) groups is 6. The van der Waals surface area contributed by atoms with Gasteiger partial charge in [-0.25, -0.2) is 9.55 Å². The number of hydrogen-bond donors (Lipinski definition) is 8. The average molecular weight is 968 g/mol. The molecule has 0 aliphatic heterocycles. The van der Waals surface area contributed by atoms with Crippen LogP contribution < -0.4 is 27.0 Å². The number of imidazole rings is 1. The second-order valence-electron chi connectivity index (χ2n) is 18.4. The van der Waals surface area contributed by atoms with Crippen LogP contribution in [-0.2, 0) is 66.7 Å². The number of nitrogens with two attached hydrogens (primary N) is 1. The van der Waals surface area contributed by atoms with Crippen LogP contribution >= 0.6 is 7.82 Å². The van der Waals surface area contributed by atoms with Crippen molar-refractivity contribution in [2.75, 3.05) is 26.4 Å². The van der Waals surface area contributed by atoms with Gasteiger partial charge in [0, 0.05) is 43.3 Å². The number of phosphoric ester groups is 1. The second-order valence-corrected chi connectivity index (χ2v) is 19.6. The molecule has 2 heterocycles. The van der Waals surface area contributed by atoms with Gasteiger partial charge in [0.15, 0.2) is 0 Å². The van der Waals surface area contributed by atoms with Gasteiger partial charge in [0.1, 0.15) is 30.2 Å². The molecule has 2 aromatic rings. The Kier molecular flexibility index (Phi) is 23.7. The maximum atomic E-state index is 14.3. The van der Waals surface area contributed by atoms with E-state index in [9.17, 15) is 48.2 Å². The molecule has 67 heavy (non-hydrogen) atoms. The first-order chi connectivity index (χ1) is 31.2. The highest BCUT2D eigenvalue weighted by Crippen LogP contribution is 2.38. The number of nitrogens with one attached hydrogen (secondary N) is 4. The summed E-state index contributed by atoms with van der Waals surface area (Å²) >= 11 is 0. The van der Waals surface area contributed by atoms with E-state index in [1.807, 2.05) is 73.6 Å². The average Bonchev–Trinajstić information content (AvgIpc) is 3.67. The molecule has 0 aliphatic rings. The number of aromatic nitrogens is 3. The zero-order valence-electron chi connectivity index (χ0n) is 40.5. The predicted molar refractivity (Wildman–Crippen MR) is 246 cm³/mol. The lowest BCUT2D eigenvalue weighted by Crippen LogP contribution is -2.61. The third kappa shape index (κ3) is 21.8. The summed E-state index contributed by atoms with van der Waals surface area (Å²) in [5.41, 5.74) is 5.68. The van der Waals surface area contributed by atoms with Crippen molar-refractivity contribution in [3.05, 3.63) is 48.3 Å². The number of pyridine rings is 1. The number of aliphatic hydroxyl groups is 1. The SMILES string of the molecule is CCCN(C(=O)CCOC(C)(C)COC(C)(C)C)[C@@H](C)C(=O)N[C@@H](CC(C)C)C(=O)N[C@@H](Cc1cncn1CCCc1ccccn1)C(=O)N[C@@H](CO)C(=O)N[C@H](C(N)=O)[C@@H](C)OP(=O)(O)O. The highest BCUT2D eigenvalue weighted by molar-refractivity contribution is 7.46. The Bertz CT molecular complexity index is 1960. The fraction of sp³-hybridized carbons (Fsp3) is 0.682. The van der Waals surface area contributed by atoms with E-state index in [1.54, 1.807) is 24.0 Å². The van der Waals surface area contributed by atoms with E-state index in [2.05, 4.69) is 35.8 Å². The number of carbonyl (C=O) groups excluding carboxylic acids is 6. The first-order valence-electron chi connectivity index (χ1n) is 22.5. The number of nitrogens with zero attached hydrogens (tertiary/aromatic N) is 4. The minimum Gasteiger partial charge on any atom is -0.394 e. The maximum absolute atomic E-state index is 14.3. The van der Waals surface area contributed by atoms with E-state index in [0.717, 1.165) is 12.6 Å². The molecule has 0 fully saturated rings. The Hall–Kier alpha value is -4.83. The van der Waals surface area contributed by atoms with Gasteiger partial charge in [-0.05, 0) is 92.2 Å². The lowest BCUT2D eigenvalue weighted by molar-refractivity contribution is -0.145. The van der Waals surface area contributed by atoms with Gasteiger partial charge in [0.25, 0.3) is 0 Å². The molecule has 2 rings (SSSR count). The van der Waals surface area contributed by atoms with Crippen LogP contribution in [0.5, 0.6) is 0 Å². The molecular weight excluding hydrogens is 894 g/mol. The predicted octanol–water partition coefficient (Wildman–Crippen LogP) is 1.04. The van der Waals surface area contributed by atoms with Crippen molar-refractivity contribution in [2.24, 2.45) is 11.7 Å². The number of aliphatic hydroxyl groups excluding tert-OH is 1. The number of phosphoric acid groups is 1. The normalized spacial score (nSPS) is 14.8. The van der Waals surface area contributed by atoms with Gasteiger partial charge >= 0.3 is 7.82 Å². The van der Waals surface area contributed by atoms with Crippen molar-refractivity contribution in [2.45, 2.75) is 162 Å². The first-order valence-corrected chi connectivity index (χ1v) is 24.0. The molecule has 0 aromatic carbocycles. The van der Waals surface area contributed by atoms with Crippen LogP contribution in [0.4, 0.5) is 0 Å². The Labute approximate surface area is 393 Å². The molecule has 6 atom stereocenters. The van der Waals surface area contributed by atoms with Crippen molar-refractivity contribution < 1.29 is 62.2 Å². The van der Waals surface area contributed by atoms with E-state index in [1.165, 1.54) is 11.1 Å². The van der Waals surface area contributed by atoms with Gasteiger partial charge in [-0.1, -0.05) is 26.8 Å². The molecule has 0 saturated heterocycles. The summed E-state index contributed by atoms with van der Waals surface area (Å²) in [6.45, 7) is 17.7. The molecule has 0 bridgehead atoms. The molecule has 0 spiro atoms. The standard InChI is InChI=1S/C44H74N9O13P/c1-11-19-53(36(55)17-21-64-44(9,10)26-65-43(6,7)8)29(4)39(57)48-33(22-28(2)3)40(58)49-34(23-32-24-46-27-52(32)20-14-16-31-15-12-13-18-47-31)41(59)50-35(25-54)42(60)51-37(38(45)56)30(5)66-67(61,62)63/h12-13,15,18,24,27-30,33-35,37,54H,11,14,16-17,19-23,25-26H2,1-10H3,(H2,45,56)(H,48,57)(H,49,58)(H,50,59)(H,51,60)(H2,61,62,63)/t29-,30+,33-,34-,35-,37-/m0/s1. The Morgan fingerprint density at radius 3 is 2.09 bits per heavy atom. The summed E-state index contributed by atoms with van der Waals surface area (Å²) in [6, 6.07) is -1.65. The van der Waals surface area contributed by atoms with E-state index in [-0.39, 0.29) is 49.8 Å². The number of primary amides is 1. The number of ether oxygens (including phenoxy) is 2. The van der Waals surface area contributed by atoms with Gasteiger partial charge in [-0.2, -0.15) is 0 Å². The van der Waals surface area contributed by atoms with Gasteiger partial charge in [0.2, 0.25) is 35.4 Å². The quantitative estimate of drug-likeness (QED) is 0.0508. The molecule has 0 saturated carbocycles. The van der Waals surface area contributed by atoms with Crippen LogP contribution in [-0.4, -0.2) is 144 Å². The maximum Gasteiger partial charge on any atom is 0.469 e. The minimum absolute atomic E-state index is 0.0146. The smallest absolute Gasteiger partial charge is 0.394 e. The number of rotatable bonds is 30. The Morgan fingerprint density at radius 2 is 1.52 bits per heavy atom. The van der Waals surface area contributed by atoms with Gasteiger partial charge < -0.3 is 60.8 Å². The van der Waals surface area contributed by atoms with Crippen molar-refractivity contribution in [3.63, 3.8) is 0 Å². The van der Waals surface area contributed by atoms with Crippen molar-refractivity contribution in [3.8, 4) is 0 Å². The van der Waals surface area contributed by atoms with Gasteiger partial charge in [0.05, 0.1) is 49.9 Å². The molecule has 0 aliphatic carbocycles. The fourth-order valence-electron chi connectivity index (χ4n) is 6.71. The summed E-state index contributed by atoms with van der Waals surface area (Å²) in [5, 5.41) is 20.2. The topological polar surface area (TPSA) is 316 Å². The molecule has 378 valence electrons. The van der Waals surface area contributed by atoms with Crippen LogP contribution in [0.3, 0.4) is 0 Å². The van der Waals surface area contributed by atoms with Crippen molar-refractivity contribution >= 4 is 43.3 Å². The zero-order chi connectivity index (χ0) is 50.7. The Balaban J connectivity index is 2.38. The van der Waals surface area contributed by atoms with Crippen LogP contribution in [0.1, 0.15) is 106 Å². The third-order valence-corrected chi connectivity index (χ3v) is 10.8. The first kappa shape index (κ1) is 58.3. The van der Waals surface area contributed by atoms with Crippen LogP contribution in [0.2, 0.25) is 0 Å².